The lowest BCUT2D eigenvalue weighted by atomic mass is 9.41. The summed E-state index contributed by atoms with van der Waals surface area (Å²) >= 11 is 0. The fourth-order valence-electron chi connectivity index (χ4n) is 9.72. The van der Waals surface area contributed by atoms with Gasteiger partial charge in [-0.15, -0.1) is 0 Å². The molecule has 12 heteroatoms. The molecular weight excluding hydrogens is 612 g/mol. The van der Waals surface area contributed by atoms with Gasteiger partial charge in [0.1, 0.15) is 36.3 Å². The van der Waals surface area contributed by atoms with Gasteiger partial charge in [0.15, 0.2) is 11.5 Å². The lowest BCUT2D eigenvalue weighted by Crippen LogP contribution is -2.64. The van der Waals surface area contributed by atoms with Crippen molar-refractivity contribution >= 4 is 5.78 Å². The molecule has 12 nitrogen and oxygen atoms in total. The molecule has 5 rings (SSSR count). The number of hydrogen-bond donors (Lipinski definition) is 9. The van der Waals surface area contributed by atoms with Crippen molar-refractivity contribution in [2.45, 2.75) is 134 Å². The maximum absolute atomic E-state index is 14.6. The molecular formula is C35H52O12. The number of aromatic hydroxyl groups is 1. The first kappa shape index (κ1) is 36.2. The van der Waals surface area contributed by atoms with E-state index < -0.39 is 82.9 Å². The summed E-state index contributed by atoms with van der Waals surface area (Å²) in [7, 11) is 0. The highest BCUT2D eigenvalue weighted by Crippen LogP contribution is 2.72. The van der Waals surface area contributed by atoms with Gasteiger partial charge in [-0.3, -0.25) is 4.79 Å². The van der Waals surface area contributed by atoms with Gasteiger partial charge < -0.3 is 55.4 Å². The Labute approximate surface area is 275 Å². The summed E-state index contributed by atoms with van der Waals surface area (Å²) in [6.07, 6.45) is -6.22. The molecule has 3 fully saturated rings. The minimum atomic E-state index is -1.84. The zero-order valence-electron chi connectivity index (χ0n) is 28.2. The van der Waals surface area contributed by atoms with E-state index in [2.05, 4.69) is 0 Å². The SMILES string of the molecule is Cc1c(O)c(O[C@@H]2O[C@H](CO)[C@@H](O)[C@H](O)[C@H]2O)cc2c1CCC1[C@@]2(C)C(=O)C[C@]2(C)C(C(C)(O)C(O)/C=C/C(C)(C)O)[C@H](O)C[C@@]12C. The highest BCUT2D eigenvalue weighted by molar-refractivity contribution is 5.93. The Morgan fingerprint density at radius 2 is 1.70 bits per heavy atom. The third-order valence-electron chi connectivity index (χ3n) is 12.5. The molecule has 0 aromatic heterocycles. The van der Waals surface area contributed by atoms with Crippen LogP contribution in [0.1, 0.15) is 77.5 Å². The number of Topliss-reactive ketones (excluding diaryl/α,β-unsaturated/α-hetero) is 1. The monoisotopic (exact) mass is 664 g/mol. The number of phenols is 1. The molecule has 3 aliphatic carbocycles. The normalized spacial score (nSPS) is 42.4. The number of fused-ring (bicyclic) bond motifs is 5. The van der Waals surface area contributed by atoms with Crippen molar-refractivity contribution in [1.82, 2.24) is 0 Å². The van der Waals surface area contributed by atoms with Crippen molar-refractivity contribution in [3.63, 3.8) is 0 Å². The van der Waals surface area contributed by atoms with Gasteiger partial charge in [-0.05, 0) is 93.4 Å². The third-order valence-corrected chi connectivity index (χ3v) is 12.5. The Hall–Kier alpha value is -2.13. The standard InChI is InChI=1S/C35H52O12/c1-16-17-8-9-22-32(4)13-19(37)29(35(7,45)23(38)10-11-31(2,3)44)33(32,5)14-24(39)34(22,6)18(17)12-20(25(16)40)46-30-28(43)27(42)26(41)21(15-36)47-30/h10-12,19,21-23,26-30,36-38,40-45H,8-9,13-15H2,1-7H3/b11-10+/t19-,21-,22?,23?,26-,27+,28-,29?,30-,32+,33-,34+,35?/m1/s1. The number of carbonyl (C=O) groups is 1. The van der Waals surface area contributed by atoms with E-state index in [-0.39, 0.29) is 36.0 Å². The van der Waals surface area contributed by atoms with Crippen molar-refractivity contribution < 1.29 is 60.2 Å². The number of phenolic OH excluding ortho intramolecular Hbond substituents is 1. The van der Waals surface area contributed by atoms with Gasteiger partial charge in [-0.2, -0.15) is 0 Å². The number of carbonyl (C=O) groups excluding carboxylic acids is 1. The summed E-state index contributed by atoms with van der Waals surface area (Å²) in [6.45, 7) is 11.4. The summed E-state index contributed by atoms with van der Waals surface area (Å²) in [4.78, 5) is 14.6. The van der Waals surface area contributed by atoms with Crippen molar-refractivity contribution in [2.24, 2.45) is 22.7 Å². The van der Waals surface area contributed by atoms with Gasteiger partial charge >= 0.3 is 0 Å². The molecule has 13 atom stereocenters. The van der Waals surface area contributed by atoms with Crippen LogP contribution >= 0.6 is 0 Å². The summed E-state index contributed by atoms with van der Waals surface area (Å²) < 4.78 is 11.4. The van der Waals surface area contributed by atoms with Crippen LogP contribution in [0, 0.1) is 29.6 Å². The number of hydrogen-bond acceptors (Lipinski definition) is 12. The second-order valence-electron chi connectivity index (χ2n) is 15.9. The van der Waals surface area contributed by atoms with Gasteiger partial charge in [0.05, 0.1) is 29.3 Å². The molecule has 0 amide bonds. The van der Waals surface area contributed by atoms with E-state index in [0.29, 0.717) is 24.0 Å². The number of aliphatic hydroxyl groups excluding tert-OH is 6. The molecule has 4 aliphatic rings. The first-order chi connectivity index (χ1) is 21.6. The van der Waals surface area contributed by atoms with Crippen LogP contribution in [0.2, 0.25) is 0 Å². The molecule has 0 spiro atoms. The van der Waals surface area contributed by atoms with Crippen LogP contribution in [0.3, 0.4) is 0 Å². The van der Waals surface area contributed by atoms with E-state index in [4.69, 9.17) is 9.47 Å². The summed E-state index contributed by atoms with van der Waals surface area (Å²) in [5.74, 6) is -1.68. The Kier molecular flexibility index (Phi) is 9.03. The molecule has 1 aliphatic heterocycles. The first-order valence-corrected chi connectivity index (χ1v) is 16.4. The van der Waals surface area contributed by atoms with E-state index >= 15 is 0 Å². The minimum Gasteiger partial charge on any atom is -0.504 e. The Morgan fingerprint density at radius 1 is 1.06 bits per heavy atom. The topological polar surface area (TPSA) is 218 Å². The quantitative estimate of drug-likeness (QED) is 0.182. The van der Waals surface area contributed by atoms with Crippen LogP contribution in [0.4, 0.5) is 0 Å². The molecule has 1 heterocycles. The molecule has 9 N–H and O–H groups in total. The predicted octanol–water partition coefficient (Wildman–Crippen LogP) is 0.505. The molecule has 47 heavy (non-hydrogen) atoms. The van der Waals surface area contributed by atoms with Crippen molar-refractivity contribution in [2.75, 3.05) is 6.61 Å². The number of benzene rings is 1. The maximum atomic E-state index is 14.6. The highest BCUT2D eigenvalue weighted by atomic mass is 16.7. The van der Waals surface area contributed by atoms with Crippen LogP contribution in [0.25, 0.3) is 0 Å². The second kappa shape index (κ2) is 11.7. The molecule has 0 bridgehead atoms. The number of ether oxygens (including phenoxy) is 2. The van der Waals surface area contributed by atoms with Crippen molar-refractivity contribution in [3.8, 4) is 11.5 Å². The average Bonchev–Trinajstić information content (AvgIpc) is 3.19. The van der Waals surface area contributed by atoms with Crippen molar-refractivity contribution in [1.29, 1.82) is 0 Å². The molecule has 264 valence electrons. The van der Waals surface area contributed by atoms with Crippen molar-refractivity contribution in [3.05, 3.63) is 34.9 Å². The minimum absolute atomic E-state index is 0.0153. The second-order valence-corrected chi connectivity index (χ2v) is 15.9. The van der Waals surface area contributed by atoms with Crippen LogP contribution in [0.5, 0.6) is 11.5 Å². The zero-order chi connectivity index (χ0) is 35.2. The fraction of sp³-hybridized carbons (Fsp3) is 0.743. The Balaban J connectivity index is 1.55. The van der Waals surface area contributed by atoms with Gasteiger partial charge in [-0.1, -0.05) is 26.0 Å². The van der Waals surface area contributed by atoms with E-state index in [0.717, 1.165) is 5.56 Å². The highest BCUT2D eigenvalue weighted by Gasteiger charge is 2.73. The van der Waals surface area contributed by atoms with Gasteiger partial charge in [-0.25, -0.2) is 0 Å². The third kappa shape index (κ3) is 5.35. The molecule has 4 unspecified atom stereocenters. The van der Waals surface area contributed by atoms with E-state index in [9.17, 15) is 50.8 Å². The molecule has 2 saturated carbocycles. The predicted molar refractivity (Wildman–Crippen MR) is 168 cm³/mol. The lowest BCUT2D eigenvalue weighted by molar-refractivity contribution is -0.277. The fourth-order valence-corrected chi connectivity index (χ4v) is 9.72. The lowest BCUT2D eigenvalue weighted by Gasteiger charge is -2.62. The molecule has 1 aromatic carbocycles. The van der Waals surface area contributed by atoms with Crippen LogP contribution < -0.4 is 4.74 Å². The van der Waals surface area contributed by atoms with Gasteiger partial charge in [0.2, 0.25) is 6.29 Å². The number of ketones is 1. The molecule has 1 aromatic rings. The average molecular weight is 665 g/mol. The first-order valence-electron chi connectivity index (χ1n) is 16.4. The zero-order valence-corrected chi connectivity index (χ0v) is 28.2. The summed E-state index contributed by atoms with van der Waals surface area (Å²) in [6, 6.07) is 1.55. The van der Waals surface area contributed by atoms with Crippen LogP contribution in [0.15, 0.2) is 18.2 Å². The summed E-state index contributed by atoms with van der Waals surface area (Å²) in [5.41, 5.74) is -3.93. The molecule has 1 saturated heterocycles. The van der Waals surface area contributed by atoms with Gasteiger partial charge in [0.25, 0.3) is 0 Å². The molecule has 0 radical (unpaired) electrons. The largest absolute Gasteiger partial charge is 0.504 e. The summed E-state index contributed by atoms with van der Waals surface area (Å²) in [5, 5.41) is 96.6. The Morgan fingerprint density at radius 3 is 2.30 bits per heavy atom. The van der Waals surface area contributed by atoms with Gasteiger partial charge in [0, 0.05) is 12.3 Å². The Bertz CT molecular complexity index is 1420. The number of aliphatic hydroxyl groups is 8. The van der Waals surface area contributed by atoms with E-state index in [1.54, 1.807) is 13.0 Å². The van der Waals surface area contributed by atoms with E-state index in [1.807, 2.05) is 20.8 Å². The van der Waals surface area contributed by atoms with Crippen LogP contribution in [-0.4, -0.2) is 112 Å². The van der Waals surface area contributed by atoms with E-state index in [1.165, 1.54) is 32.9 Å². The number of rotatable bonds is 7. The smallest absolute Gasteiger partial charge is 0.229 e. The van der Waals surface area contributed by atoms with Crippen LogP contribution in [-0.2, 0) is 21.4 Å². The maximum Gasteiger partial charge on any atom is 0.229 e.